The van der Waals surface area contributed by atoms with Gasteiger partial charge in [0, 0.05) is 24.3 Å². The van der Waals surface area contributed by atoms with Gasteiger partial charge in [-0.25, -0.2) is 0 Å². The molecule has 0 spiro atoms. The fourth-order valence-corrected chi connectivity index (χ4v) is 1.37. The second-order valence-electron chi connectivity index (χ2n) is 3.37. The second-order valence-corrected chi connectivity index (χ2v) is 3.37. The van der Waals surface area contributed by atoms with Gasteiger partial charge in [0.1, 0.15) is 0 Å². The minimum atomic E-state index is 0.901. The zero-order chi connectivity index (χ0) is 10.4. The summed E-state index contributed by atoms with van der Waals surface area (Å²) in [6, 6.07) is 0. The Kier molecular flexibility index (Phi) is 4.40. The predicted molar refractivity (Wildman–Crippen MR) is 60.2 cm³/mol. The predicted octanol–water partition coefficient (Wildman–Crippen LogP) is 1.83. The van der Waals surface area contributed by atoms with Crippen LogP contribution in [-0.2, 0) is 6.54 Å². The van der Waals surface area contributed by atoms with Gasteiger partial charge in [0.25, 0.3) is 0 Å². The molecule has 1 aromatic rings. The standard InChI is InChI=1S/C11H19N3/c1-4-8-14-10(2)11(9-13-14)6-5-7-12-3/h5-6,9,12H,4,7-8H2,1-3H3. The maximum Gasteiger partial charge on any atom is 0.0564 e. The van der Waals surface area contributed by atoms with Crippen LogP contribution < -0.4 is 5.32 Å². The molecule has 14 heavy (non-hydrogen) atoms. The van der Waals surface area contributed by atoms with E-state index >= 15 is 0 Å². The van der Waals surface area contributed by atoms with Crippen LogP contribution in [0.15, 0.2) is 12.3 Å². The van der Waals surface area contributed by atoms with Crippen molar-refractivity contribution in [3.05, 3.63) is 23.5 Å². The molecule has 1 rings (SSSR count). The average molecular weight is 193 g/mol. The van der Waals surface area contributed by atoms with Gasteiger partial charge in [0.15, 0.2) is 0 Å². The summed E-state index contributed by atoms with van der Waals surface area (Å²) in [6.07, 6.45) is 7.28. The van der Waals surface area contributed by atoms with E-state index in [4.69, 9.17) is 0 Å². The van der Waals surface area contributed by atoms with Crippen LogP contribution in [0.25, 0.3) is 6.08 Å². The third-order valence-electron chi connectivity index (χ3n) is 2.20. The molecule has 0 radical (unpaired) electrons. The van der Waals surface area contributed by atoms with Gasteiger partial charge >= 0.3 is 0 Å². The number of nitrogens with zero attached hydrogens (tertiary/aromatic N) is 2. The van der Waals surface area contributed by atoms with Crippen molar-refractivity contribution in [1.29, 1.82) is 0 Å². The zero-order valence-corrected chi connectivity index (χ0v) is 9.25. The summed E-state index contributed by atoms with van der Waals surface area (Å²) in [7, 11) is 1.94. The Hall–Kier alpha value is -1.09. The molecule has 0 aliphatic heterocycles. The third-order valence-corrected chi connectivity index (χ3v) is 2.20. The average Bonchev–Trinajstić information content (AvgIpc) is 2.51. The largest absolute Gasteiger partial charge is 0.316 e. The smallest absolute Gasteiger partial charge is 0.0564 e. The van der Waals surface area contributed by atoms with Crippen LogP contribution in [0, 0.1) is 6.92 Å². The van der Waals surface area contributed by atoms with Crippen molar-refractivity contribution in [3.8, 4) is 0 Å². The van der Waals surface area contributed by atoms with Gasteiger partial charge < -0.3 is 5.32 Å². The van der Waals surface area contributed by atoms with E-state index in [0.717, 1.165) is 19.5 Å². The normalized spacial score (nSPS) is 11.4. The maximum atomic E-state index is 4.33. The van der Waals surface area contributed by atoms with Crippen molar-refractivity contribution >= 4 is 6.08 Å². The van der Waals surface area contributed by atoms with Gasteiger partial charge in [0.05, 0.1) is 6.20 Å². The summed E-state index contributed by atoms with van der Waals surface area (Å²) >= 11 is 0. The van der Waals surface area contributed by atoms with Gasteiger partial charge in [0.2, 0.25) is 0 Å². The third kappa shape index (κ3) is 2.70. The Morgan fingerprint density at radius 2 is 2.36 bits per heavy atom. The molecule has 3 heteroatoms. The first kappa shape index (κ1) is 11.0. The van der Waals surface area contributed by atoms with Gasteiger partial charge in [-0.3, -0.25) is 4.68 Å². The lowest BCUT2D eigenvalue weighted by Crippen LogP contribution is -2.03. The summed E-state index contributed by atoms with van der Waals surface area (Å²) < 4.78 is 2.05. The number of hydrogen-bond donors (Lipinski definition) is 1. The number of aromatic nitrogens is 2. The highest BCUT2D eigenvalue weighted by Gasteiger charge is 2.01. The van der Waals surface area contributed by atoms with Crippen LogP contribution >= 0.6 is 0 Å². The Labute approximate surface area is 85.8 Å². The summed E-state index contributed by atoms with van der Waals surface area (Å²) in [5.74, 6) is 0. The van der Waals surface area contributed by atoms with Gasteiger partial charge in [-0.1, -0.05) is 19.1 Å². The fraction of sp³-hybridized carbons (Fsp3) is 0.545. The topological polar surface area (TPSA) is 29.9 Å². The molecule has 0 aliphatic carbocycles. The van der Waals surface area contributed by atoms with E-state index in [1.54, 1.807) is 0 Å². The Balaban J connectivity index is 2.69. The number of likely N-dealkylation sites (N-methyl/N-ethyl adjacent to an activating group) is 1. The molecule has 0 fully saturated rings. The fourth-order valence-electron chi connectivity index (χ4n) is 1.37. The highest BCUT2D eigenvalue weighted by atomic mass is 15.3. The van der Waals surface area contributed by atoms with Crippen LogP contribution in [0.2, 0.25) is 0 Å². The monoisotopic (exact) mass is 193 g/mol. The van der Waals surface area contributed by atoms with Crippen LogP contribution in [-0.4, -0.2) is 23.4 Å². The lowest BCUT2D eigenvalue weighted by atomic mass is 10.2. The van der Waals surface area contributed by atoms with Crippen molar-refractivity contribution in [3.63, 3.8) is 0 Å². The summed E-state index contributed by atoms with van der Waals surface area (Å²) in [4.78, 5) is 0. The number of nitrogens with one attached hydrogen (secondary N) is 1. The lowest BCUT2D eigenvalue weighted by Gasteiger charge is -2.00. The van der Waals surface area contributed by atoms with Crippen molar-refractivity contribution < 1.29 is 0 Å². The lowest BCUT2D eigenvalue weighted by molar-refractivity contribution is 0.587. The Morgan fingerprint density at radius 3 is 3.00 bits per heavy atom. The van der Waals surface area contributed by atoms with Crippen LogP contribution in [0.4, 0.5) is 0 Å². The molecule has 0 amide bonds. The molecule has 0 saturated carbocycles. The molecule has 3 nitrogen and oxygen atoms in total. The molecular weight excluding hydrogens is 174 g/mol. The molecule has 0 bridgehead atoms. The molecular formula is C11H19N3. The Morgan fingerprint density at radius 1 is 1.57 bits per heavy atom. The van der Waals surface area contributed by atoms with E-state index in [0.29, 0.717) is 0 Å². The van der Waals surface area contributed by atoms with Crippen molar-refractivity contribution in [2.24, 2.45) is 0 Å². The number of rotatable bonds is 5. The van der Waals surface area contributed by atoms with Gasteiger partial charge in [-0.15, -0.1) is 0 Å². The van der Waals surface area contributed by atoms with E-state index < -0.39 is 0 Å². The molecule has 1 N–H and O–H groups in total. The van der Waals surface area contributed by atoms with Crippen LogP contribution in [0.1, 0.15) is 24.6 Å². The number of hydrogen-bond acceptors (Lipinski definition) is 2. The van der Waals surface area contributed by atoms with Gasteiger partial charge in [-0.2, -0.15) is 5.10 Å². The maximum absolute atomic E-state index is 4.33. The first-order chi connectivity index (χ1) is 6.79. The van der Waals surface area contributed by atoms with Crippen LogP contribution in [0.3, 0.4) is 0 Å². The quantitative estimate of drug-likeness (QED) is 0.773. The van der Waals surface area contributed by atoms with E-state index in [1.807, 2.05) is 13.2 Å². The Bertz CT molecular complexity index is 299. The molecule has 0 atom stereocenters. The molecule has 1 aromatic heterocycles. The second kappa shape index (κ2) is 5.60. The van der Waals surface area contributed by atoms with Gasteiger partial charge in [-0.05, 0) is 20.4 Å². The van der Waals surface area contributed by atoms with E-state index in [1.165, 1.54) is 11.3 Å². The minimum Gasteiger partial charge on any atom is -0.316 e. The summed E-state index contributed by atoms with van der Waals surface area (Å²) in [5, 5.41) is 7.40. The summed E-state index contributed by atoms with van der Waals surface area (Å²) in [6.45, 7) is 6.18. The molecule has 0 aliphatic rings. The first-order valence-corrected chi connectivity index (χ1v) is 5.13. The molecule has 1 heterocycles. The van der Waals surface area contributed by atoms with E-state index in [2.05, 4.69) is 41.1 Å². The molecule has 0 unspecified atom stereocenters. The highest BCUT2D eigenvalue weighted by Crippen LogP contribution is 2.09. The van der Waals surface area contributed by atoms with Crippen LogP contribution in [0.5, 0.6) is 0 Å². The SMILES string of the molecule is CCCn1ncc(C=CCNC)c1C. The zero-order valence-electron chi connectivity index (χ0n) is 9.25. The highest BCUT2D eigenvalue weighted by molar-refractivity contribution is 5.50. The number of aryl methyl sites for hydroxylation is 1. The van der Waals surface area contributed by atoms with Crippen molar-refractivity contribution in [2.45, 2.75) is 26.8 Å². The van der Waals surface area contributed by atoms with E-state index in [9.17, 15) is 0 Å². The van der Waals surface area contributed by atoms with E-state index in [-0.39, 0.29) is 0 Å². The first-order valence-electron chi connectivity index (χ1n) is 5.13. The summed E-state index contributed by atoms with van der Waals surface area (Å²) in [5.41, 5.74) is 2.47. The van der Waals surface area contributed by atoms with Crippen molar-refractivity contribution in [1.82, 2.24) is 15.1 Å². The molecule has 78 valence electrons. The molecule has 0 saturated heterocycles. The minimum absolute atomic E-state index is 0.901. The molecule has 0 aromatic carbocycles. The van der Waals surface area contributed by atoms with Crippen molar-refractivity contribution in [2.75, 3.05) is 13.6 Å².